The van der Waals surface area contributed by atoms with Gasteiger partial charge in [-0.05, 0) is 24.8 Å². The summed E-state index contributed by atoms with van der Waals surface area (Å²) in [6.45, 7) is 4.45. The highest BCUT2D eigenvalue weighted by Crippen LogP contribution is 2.27. The van der Waals surface area contributed by atoms with Gasteiger partial charge in [-0.2, -0.15) is 0 Å². The Morgan fingerprint density at radius 2 is 1.90 bits per heavy atom. The van der Waals surface area contributed by atoms with Gasteiger partial charge in [0.05, 0.1) is 0 Å². The van der Waals surface area contributed by atoms with E-state index in [1.165, 1.54) is 18.9 Å². The minimum Gasteiger partial charge on any atom is -0.338 e. The predicted octanol–water partition coefficient (Wildman–Crippen LogP) is 2.06. The Kier molecular flexibility index (Phi) is 4.39. The number of rotatable bonds is 4. The summed E-state index contributed by atoms with van der Waals surface area (Å²) in [4.78, 5) is 16.0. The average molecular weight is 291 g/mol. The molecule has 2 aliphatic rings. The van der Waals surface area contributed by atoms with E-state index < -0.39 is 0 Å². The van der Waals surface area contributed by atoms with Crippen LogP contribution in [-0.4, -0.2) is 48.6 Å². The van der Waals surface area contributed by atoms with Gasteiger partial charge in [-0.1, -0.05) is 18.2 Å². The zero-order chi connectivity index (χ0) is 14.7. The quantitative estimate of drug-likeness (QED) is 0.921. The molecular formula is C16H22FN3O. The van der Waals surface area contributed by atoms with E-state index in [1.807, 2.05) is 17.0 Å². The van der Waals surface area contributed by atoms with Gasteiger partial charge in [-0.3, -0.25) is 4.90 Å². The molecule has 1 heterocycles. The maximum atomic E-state index is 13.6. The molecule has 4 nitrogen and oxygen atoms in total. The molecule has 1 saturated carbocycles. The van der Waals surface area contributed by atoms with Crippen LogP contribution in [0.4, 0.5) is 9.18 Å². The van der Waals surface area contributed by atoms with Crippen molar-refractivity contribution < 1.29 is 9.18 Å². The molecule has 5 heteroatoms. The van der Waals surface area contributed by atoms with Crippen molar-refractivity contribution in [3.63, 3.8) is 0 Å². The molecule has 1 aromatic carbocycles. The molecule has 1 aromatic rings. The van der Waals surface area contributed by atoms with Gasteiger partial charge in [0.1, 0.15) is 5.82 Å². The van der Waals surface area contributed by atoms with Crippen LogP contribution >= 0.6 is 0 Å². The Balaban J connectivity index is 1.44. The molecule has 2 fully saturated rings. The van der Waals surface area contributed by atoms with Gasteiger partial charge < -0.3 is 10.2 Å². The second kappa shape index (κ2) is 6.43. The molecule has 1 aliphatic carbocycles. The Morgan fingerprint density at radius 3 is 2.57 bits per heavy atom. The molecule has 0 bridgehead atoms. The number of carbonyl (C=O) groups is 1. The van der Waals surface area contributed by atoms with Crippen LogP contribution < -0.4 is 5.32 Å². The van der Waals surface area contributed by atoms with E-state index in [1.54, 1.807) is 6.07 Å². The fraction of sp³-hybridized carbons (Fsp3) is 0.562. The van der Waals surface area contributed by atoms with Crippen LogP contribution in [0, 0.1) is 11.7 Å². The van der Waals surface area contributed by atoms with Gasteiger partial charge in [-0.15, -0.1) is 0 Å². The van der Waals surface area contributed by atoms with Crippen molar-refractivity contribution in [2.24, 2.45) is 5.92 Å². The van der Waals surface area contributed by atoms with Crippen molar-refractivity contribution >= 4 is 6.03 Å². The van der Waals surface area contributed by atoms with E-state index >= 15 is 0 Å². The lowest BCUT2D eigenvalue weighted by Gasteiger charge is -2.34. The van der Waals surface area contributed by atoms with Crippen LogP contribution in [0.5, 0.6) is 0 Å². The van der Waals surface area contributed by atoms with Crippen LogP contribution in [0.3, 0.4) is 0 Å². The molecule has 1 saturated heterocycles. The summed E-state index contributed by atoms with van der Waals surface area (Å²) in [7, 11) is 0. The van der Waals surface area contributed by atoms with Gasteiger partial charge >= 0.3 is 6.03 Å². The van der Waals surface area contributed by atoms with Crippen molar-refractivity contribution in [1.29, 1.82) is 0 Å². The maximum absolute atomic E-state index is 13.6. The third kappa shape index (κ3) is 3.94. The Hall–Kier alpha value is -1.62. The highest BCUT2D eigenvalue weighted by molar-refractivity contribution is 5.74. The van der Waals surface area contributed by atoms with Gasteiger partial charge in [0.25, 0.3) is 0 Å². The SMILES string of the molecule is O=C(NCC1CC1)N1CCN(Cc2ccccc2F)CC1. The van der Waals surface area contributed by atoms with Crippen LogP contribution in [0.2, 0.25) is 0 Å². The van der Waals surface area contributed by atoms with Crippen molar-refractivity contribution in [3.8, 4) is 0 Å². The van der Waals surface area contributed by atoms with E-state index in [4.69, 9.17) is 0 Å². The van der Waals surface area contributed by atoms with Crippen LogP contribution in [-0.2, 0) is 6.54 Å². The first-order valence-electron chi connectivity index (χ1n) is 7.71. The fourth-order valence-corrected chi connectivity index (χ4v) is 2.64. The number of hydrogen-bond donors (Lipinski definition) is 1. The number of halogens is 1. The molecule has 1 aliphatic heterocycles. The van der Waals surface area contributed by atoms with Gasteiger partial charge in [0, 0.05) is 44.8 Å². The third-order valence-electron chi connectivity index (χ3n) is 4.25. The number of nitrogens with one attached hydrogen (secondary N) is 1. The van der Waals surface area contributed by atoms with Crippen molar-refractivity contribution in [2.75, 3.05) is 32.7 Å². The number of piperazine rings is 1. The van der Waals surface area contributed by atoms with Crippen LogP contribution in [0.15, 0.2) is 24.3 Å². The highest BCUT2D eigenvalue weighted by Gasteiger charge is 2.25. The summed E-state index contributed by atoms with van der Waals surface area (Å²) in [5.74, 6) is 0.554. The average Bonchev–Trinajstić information content (AvgIpc) is 3.32. The summed E-state index contributed by atoms with van der Waals surface area (Å²) in [5, 5.41) is 3.00. The summed E-state index contributed by atoms with van der Waals surface area (Å²) < 4.78 is 13.6. The first-order chi connectivity index (χ1) is 10.2. The van der Waals surface area contributed by atoms with E-state index in [9.17, 15) is 9.18 Å². The fourth-order valence-electron chi connectivity index (χ4n) is 2.64. The summed E-state index contributed by atoms with van der Waals surface area (Å²) >= 11 is 0. The normalized spacial score (nSPS) is 19.6. The van der Waals surface area contributed by atoms with Gasteiger partial charge in [-0.25, -0.2) is 9.18 Å². The monoisotopic (exact) mass is 291 g/mol. The third-order valence-corrected chi connectivity index (χ3v) is 4.25. The summed E-state index contributed by atoms with van der Waals surface area (Å²) in [5.41, 5.74) is 0.726. The number of amides is 2. The first-order valence-corrected chi connectivity index (χ1v) is 7.71. The smallest absolute Gasteiger partial charge is 0.317 e. The lowest BCUT2D eigenvalue weighted by Crippen LogP contribution is -2.51. The molecule has 114 valence electrons. The zero-order valence-electron chi connectivity index (χ0n) is 12.2. The predicted molar refractivity (Wildman–Crippen MR) is 79.4 cm³/mol. The number of carbonyl (C=O) groups excluding carboxylic acids is 1. The van der Waals surface area contributed by atoms with E-state index in [-0.39, 0.29) is 11.8 Å². The molecule has 3 rings (SSSR count). The Morgan fingerprint density at radius 1 is 1.19 bits per heavy atom. The molecule has 0 spiro atoms. The second-order valence-corrected chi connectivity index (χ2v) is 5.98. The first kappa shape index (κ1) is 14.3. The number of nitrogens with zero attached hydrogens (tertiary/aromatic N) is 2. The largest absolute Gasteiger partial charge is 0.338 e. The number of urea groups is 1. The lowest BCUT2D eigenvalue weighted by molar-refractivity contribution is 0.134. The summed E-state index contributed by atoms with van der Waals surface area (Å²) in [6, 6.07) is 6.94. The molecule has 0 radical (unpaired) electrons. The van der Waals surface area contributed by atoms with Gasteiger partial charge in [0.2, 0.25) is 0 Å². The van der Waals surface area contributed by atoms with Crippen molar-refractivity contribution in [3.05, 3.63) is 35.6 Å². The van der Waals surface area contributed by atoms with Gasteiger partial charge in [0.15, 0.2) is 0 Å². The van der Waals surface area contributed by atoms with E-state index in [0.717, 1.165) is 25.2 Å². The molecule has 1 N–H and O–H groups in total. The van der Waals surface area contributed by atoms with E-state index in [2.05, 4.69) is 10.2 Å². The Labute approximate surface area is 124 Å². The minimum atomic E-state index is -0.151. The lowest BCUT2D eigenvalue weighted by atomic mass is 10.2. The summed E-state index contributed by atoms with van der Waals surface area (Å²) in [6.07, 6.45) is 2.49. The van der Waals surface area contributed by atoms with Crippen LogP contribution in [0.1, 0.15) is 18.4 Å². The minimum absolute atomic E-state index is 0.0486. The van der Waals surface area contributed by atoms with Crippen LogP contribution in [0.25, 0.3) is 0 Å². The highest BCUT2D eigenvalue weighted by atomic mass is 19.1. The molecule has 0 aromatic heterocycles. The molecular weight excluding hydrogens is 269 g/mol. The standard InChI is InChI=1S/C16H22FN3O/c17-15-4-2-1-3-14(15)12-19-7-9-20(10-8-19)16(21)18-11-13-5-6-13/h1-4,13H,5-12H2,(H,18,21). The van der Waals surface area contributed by atoms with E-state index in [0.29, 0.717) is 25.6 Å². The zero-order valence-corrected chi connectivity index (χ0v) is 12.2. The molecule has 21 heavy (non-hydrogen) atoms. The molecule has 2 amide bonds. The van der Waals surface area contributed by atoms with Crippen molar-refractivity contribution in [2.45, 2.75) is 19.4 Å². The molecule has 0 unspecified atom stereocenters. The maximum Gasteiger partial charge on any atom is 0.317 e. The molecule has 0 atom stereocenters. The number of benzene rings is 1. The van der Waals surface area contributed by atoms with Crippen molar-refractivity contribution in [1.82, 2.24) is 15.1 Å². The second-order valence-electron chi connectivity index (χ2n) is 5.98. The number of hydrogen-bond acceptors (Lipinski definition) is 2. The Bertz CT molecular complexity index is 496. The topological polar surface area (TPSA) is 35.6 Å².